The summed E-state index contributed by atoms with van der Waals surface area (Å²) in [5, 5.41) is 7.14. The van der Waals surface area contributed by atoms with Crippen molar-refractivity contribution in [2.75, 3.05) is 0 Å². The van der Waals surface area contributed by atoms with E-state index in [1.165, 1.54) is 0 Å². The van der Waals surface area contributed by atoms with Gasteiger partial charge >= 0.3 is 10.1 Å². The van der Waals surface area contributed by atoms with Crippen LogP contribution in [0.4, 0.5) is 0 Å². The molecule has 1 rings (SSSR count). The second-order valence-electron chi connectivity index (χ2n) is 1.56. The van der Waals surface area contributed by atoms with E-state index in [0.717, 1.165) is 11.3 Å². The van der Waals surface area contributed by atoms with Crippen LogP contribution in [0.3, 0.4) is 0 Å². The molecule has 1 aromatic heterocycles. The van der Waals surface area contributed by atoms with Gasteiger partial charge in [0.1, 0.15) is 5.01 Å². The Hall–Kier alpha value is -0.530. The molecule has 5 nitrogen and oxygen atoms in total. The third kappa shape index (κ3) is 1.49. The van der Waals surface area contributed by atoms with Crippen molar-refractivity contribution in [3.63, 3.8) is 0 Å². The van der Waals surface area contributed by atoms with Gasteiger partial charge in [-0.1, -0.05) is 11.3 Å². The fourth-order valence-electron chi connectivity index (χ4n) is 0.383. The van der Waals surface area contributed by atoms with Gasteiger partial charge in [-0.15, -0.1) is 10.2 Å². The van der Waals surface area contributed by atoms with Gasteiger partial charge in [0.2, 0.25) is 0 Å². The van der Waals surface area contributed by atoms with Crippen LogP contribution in [-0.2, 0) is 10.1 Å². The highest BCUT2D eigenvalue weighted by molar-refractivity contribution is 7.87. The summed E-state index contributed by atoms with van der Waals surface area (Å²) in [6.07, 6.45) is 0. The number of hydrogen-bond donors (Lipinski definition) is 1. The van der Waals surface area contributed by atoms with E-state index in [1.54, 1.807) is 6.92 Å². The fraction of sp³-hybridized carbons (Fsp3) is 0.333. The Morgan fingerprint density at radius 1 is 1.50 bits per heavy atom. The van der Waals surface area contributed by atoms with E-state index in [9.17, 15) is 8.42 Å². The van der Waals surface area contributed by atoms with Gasteiger partial charge in [-0.05, 0) is 6.92 Å². The zero-order valence-electron chi connectivity index (χ0n) is 4.97. The summed E-state index contributed by atoms with van der Waals surface area (Å²) < 4.78 is 28.6. The lowest BCUT2D eigenvalue weighted by atomic mass is 10.9. The average Bonchev–Trinajstić information content (AvgIpc) is 2.11. The normalized spacial score (nSPS) is 11.8. The van der Waals surface area contributed by atoms with Crippen LogP contribution in [0.15, 0.2) is 4.34 Å². The first-order valence-electron chi connectivity index (χ1n) is 2.28. The fourth-order valence-corrected chi connectivity index (χ4v) is 1.73. The summed E-state index contributed by atoms with van der Waals surface area (Å²) in [5.74, 6) is 0. The number of nitrogens with zero attached hydrogens (tertiary/aromatic N) is 2. The third-order valence-corrected chi connectivity index (χ3v) is 2.77. The van der Waals surface area contributed by atoms with Crippen LogP contribution in [0.2, 0.25) is 0 Å². The topological polar surface area (TPSA) is 80.2 Å². The highest BCUT2D eigenvalue weighted by Crippen LogP contribution is 2.12. The van der Waals surface area contributed by atoms with Crippen molar-refractivity contribution in [3.05, 3.63) is 5.01 Å². The Kier molecular flexibility index (Phi) is 1.71. The van der Waals surface area contributed by atoms with Crippen LogP contribution in [0.25, 0.3) is 0 Å². The molecule has 0 unspecified atom stereocenters. The molecule has 1 heterocycles. The first-order chi connectivity index (χ1) is 4.50. The standard InChI is InChI=1S/C3H4N2O3S2/c1-2-4-5-3(9-2)10(6,7)8/h1H3,(H,6,7,8). The Morgan fingerprint density at radius 2 is 2.10 bits per heavy atom. The van der Waals surface area contributed by atoms with Gasteiger partial charge < -0.3 is 0 Å². The maximum Gasteiger partial charge on any atom is 0.324 e. The zero-order chi connectivity index (χ0) is 7.78. The first kappa shape index (κ1) is 7.58. The van der Waals surface area contributed by atoms with Gasteiger partial charge in [-0.3, -0.25) is 4.55 Å². The minimum atomic E-state index is -4.14. The minimum absolute atomic E-state index is 0.356. The number of aryl methyl sites for hydroxylation is 1. The summed E-state index contributed by atoms with van der Waals surface area (Å²) in [7, 11) is -4.14. The maximum atomic E-state index is 10.3. The quantitative estimate of drug-likeness (QED) is 0.619. The molecule has 7 heteroatoms. The summed E-state index contributed by atoms with van der Waals surface area (Å²) in [6.45, 7) is 1.60. The van der Waals surface area contributed by atoms with E-state index < -0.39 is 10.1 Å². The predicted octanol–water partition coefficient (Wildman–Crippen LogP) is 0.0932. The van der Waals surface area contributed by atoms with Gasteiger partial charge in [0, 0.05) is 0 Å². The molecule has 0 aromatic carbocycles. The summed E-state index contributed by atoms with van der Waals surface area (Å²) in [6, 6.07) is 0. The molecule has 0 amide bonds. The van der Waals surface area contributed by atoms with Crippen LogP contribution in [0, 0.1) is 6.92 Å². The highest BCUT2D eigenvalue weighted by Gasteiger charge is 2.14. The maximum absolute atomic E-state index is 10.3. The molecule has 0 aliphatic rings. The van der Waals surface area contributed by atoms with Crippen LogP contribution >= 0.6 is 11.3 Å². The van der Waals surface area contributed by atoms with E-state index in [-0.39, 0.29) is 4.34 Å². The van der Waals surface area contributed by atoms with E-state index in [0.29, 0.717) is 5.01 Å². The number of hydrogen-bond acceptors (Lipinski definition) is 5. The van der Waals surface area contributed by atoms with Gasteiger partial charge in [0.25, 0.3) is 4.34 Å². The molecule has 56 valence electrons. The molecule has 0 radical (unpaired) electrons. The lowest BCUT2D eigenvalue weighted by Gasteiger charge is -1.82. The summed E-state index contributed by atoms with van der Waals surface area (Å²) in [5.41, 5.74) is 0. The van der Waals surface area contributed by atoms with Crippen molar-refractivity contribution < 1.29 is 13.0 Å². The predicted molar refractivity (Wildman–Crippen MR) is 34.5 cm³/mol. The van der Waals surface area contributed by atoms with Crippen molar-refractivity contribution in [2.45, 2.75) is 11.3 Å². The smallest absolute Gasteiger partial charge is 0.280 e. The summed E-state index contributed by atoms with van der Waals surface area (Å²) >= 11 is 0.834. The largest absolute Gasteiger partial charge is 0.324 e. The molecule has 0 bridgehead atoms. The first-order valence-corrected chi connectivity index (χ1v) is 4.53. The SMILES string of the molecule is Cc1nnc(S(=O)(=O)O)s1. The molecule has 0 fully saturated rings. The van der Waals surface area contributed by atoms with E-state index in [4.69, 9.17) is 4.55 Å². The number of rotatable bonds is 1. The lowest BCUT2D eigenvalue weighted by Crippen LogP contribution is -1.96. The van der Waals surface area contributed by atoms with Crippen molar-refractivity contribution >= 4 is 21.5 Å². The van der Waals surface area contributed by atoms with E-state index >= 15 is 0 Å². The molecule has 0 saturated carbocycles. The van der Waals surface area contributed by atoms with Gasteiger partial charge in [0.15, 0.2) is 0 Å². The molecule has 10 heavy (non-hydrogen) atoms. The molecule has 1 aromatic rings. The van der Waals surface area contributed by atoms with Crippen LogP contribution < -0.4 is 0 Å². The minimum Gasteiger partial charge on any atom is -0.280 e. The van der Waals surface area contributed by atoms with E-state index in [1.807, 2.05) is 0 Å². The van der Waals surface area contributed by atoms with Crippen LogP contribution in [-0.4, -0.2) is 23.2 Å². The molecular formula is C3H4N2O3S2. The molecule has 0 aliphatic carbocycles. The molecular weight excluding hydrogens is 176 g/mol. The summed E-state index contributed by atoms with van der Waals surface area (Å²) in [4.78, 5) is 0. The molecule has 0 aliphatic heterocycles. The molecule has 1 N–H and O–H groups in total. The van der Waals surface area contributed by atoms with E-state index in [2.05, 4.69) is 10.2 Å². The molecule has 0 atom stereocenters. The average molecular weight is 180 g/mol. The third-order valence-electron chi connectivity index (χ3n) is 0.728. The Balaban J connectivity index is 3.21. The van der Waals surface area contributed by atoms with Gasteiger partial charge in [-0.2, -0.15) is 8.42 Å². The Morgan fingerprint density at radius 3 is 2.30 bits per heavy atom. The monoisotopic (exact) mass is 180 g/mol. The second kappa shape index (κ2) is 2.26. The van der Waals surface area contributed by atoms with Crippen molar-refractivity contribution in [1.29, 1.82) is 0 Å². The Labute approximate surface area is 61.5 Å². The second-order valence-corrected chi connectivity index (χ2v) is 4.34. The lowest BCUT2D eigenvalue weighted by molar-refractivity contribution is 0.481. The number of aromatic nitrogens is 2. The van der Waals surface area contributed by atoms with Crippen molar-refractivity contribution in [1.82, 2.24) is 10.2 Å². The van der Waals surface area contributed by atoms with Crippen molar-refractivity contribution in [2.24, 2.45) is 0 Å². The van der Waals surface area contributed by atoms with Crippen molar-refractivity contribution in [3.8, 4) is 0 Å². The van der Waals surface area contributed by atoms with Crippen LogP contribution in [0.5, 0.6) is 0 Å². The molecule has 0 spiro atoms. The van der Waals surface area contributed by atoms with Gasteiger partial charge in [-0.25, -0.2) is 0 Å². The Bertz CT molecular complexity index is 327. The van der Waals surface area contributed by atoms with Gasteiger partial charge in [0.05, 0.1) is 0 Å². The highest BCUT2D eigenvalue weighted by atomic mass is 32.3. The zero-order valence-corrected chi connectivity index (χ0v) is 6.61. The molecule has 0 saturated heterocycles. The van der Waals surface area contributed by atoms with Crippen LogP contribution in [0.1, 0.15) is 5.01 Å².